The maximum atomic E-state index is 13.3. The van der Waals surface area contributed by atoms with Crippen molar-refractivity contribution in [3.63, 3.8) is 0 Å². The molecule has 1 aliphatic carbocycles. The number of allylic oxidation sites excluding steroid dienone is 1. The Morgan fingerprint density at radius 3 is 2.28 bits per heavy atom. The third-order valence-corrected chi connectivity index (χ3v) is 9.17. The SMILES string of the molecule is C=C(C1=CC2COCC(C1)N2C(=O)OCC1c2ccccc2-c2ccccc21)[Si](C)(C)C. The van der Waals surface area contributed by atoms with E-state index in [9.17, 15) is 4.79 Å². The van der Waals surface area contributed by atoms with E-state index in [4.69, 9.17) is 9.47 Å². The van der Waals surface area contributed by atoms with Gasteiger partial charge in [-0.25, -0.2) is 4.79 Å². The van der Waals surface area contributed by atoms with Gasteiger partial charge in [0.2, 0.25) is 0 Å². The average Bonchev–Trinajstić information content (AvgIpc) is 3.09. The van der Waals surface area contributed by atoms with Crippen molar-refractivity contribution in [2.45, 2.75) is 44.1 Å². The summed E-state index contributed by atoms with van der Waals surface area (Å²) in [5, 5.41) is 1.28. The normalized spacial score (nSPS) is 22.1. The van der Waals surface area contributed by atoms with Gasteiger partial charge in [-0.15, -0.1) is 0 Å². The van der Waals surface area contributed by atoms with Crippen LogP contribution in [-0.2, 0) is 9.47 Å². The summed E-state index contributed by atoms with van der Waals surface area (Å²) in [6.45, 7) is 12.8. The van der Waals surface area contributed by atoms with Crippen molar-refractivity contribution in [1.29, 1.82) is 0 Å². The minimum Gasteiger partial charge on any atom is -0.448 e. The molecule has 5 heteroatoms. The molecule has 5 rings (SSSR count). The molecule has 0 aromatic heterocycles. The highest BCUT2D eigenvalue weighted by Gasteiger charge is 2.41. The molecule has 4 nitrogen and oxygen atoms in total. The first-order valence-corrected chi connectivity index (χ1v) is 15.0. The number of benzene rings is 2. The molecular weight excluding hydrogens is 414 g/mol. The van der Waals surface area contributed by atoms with Crippen LogP contribution in [0.15, 0.2) is 72.0 Å². The molecule has 0 spiro atoms. The Hall–Kier alpha value is -2.63. The van der Waals surface area contributed by atoms with Crippen molar-refractivity contribution >= 4 is 14.2 Å². The topological polar surface area (TPSA) is 38.8 Å². The molecule has 2 aromatic carbocycles. The van der Waals surface area contributed by atoms with Crippen molar-refractivity contribution in [1.82, 2.24) is 4.90 Å². The predicted molar refractivity (Wildman–Crippen MR) is 130 cm³/mol. The van der Waals surface area contributed by atoms with Crippen LogP contribution in [0.3, 0.4) is 0 Å². The van der Waals surface area contributed by atoms with E-state index in [1.165, 1.54) is 33.0 Å². The lowest BCUT2D eigenvalue weighted by molar-refractivity contribution is -0.0357. The van der Waals surface area contributed by atoms with Crippen LogP contribution >= 0.6 is 0 Å². The lowest BCUT2D eigenvalue weighted by Crippen LogP contribution is -2.57. The number of amides is 1. The summed E-state index contributed by atoms with van der Waals surface area (Å²) >= 11 is 0. The van der Waals surface area contributed by atoms with E-state index < -0.39 is 8.07 Å². The Morgan fingerprint density at radius 1 is 1.06 bits per heavy atom. The first-order valence-electron chi connectivity index (χ1n) is 11.5. The summed E-state index contributed by atoms with van der Waals surface area (Å²) in [5.41, 5.74) is 6.26. The standard InChI is InChI=1S/C27H31NO3Si/c1-18(32(2,3)4)19-13-20-15-30-16-21(14-19)28(20)27(29)31-17-26-24-11-7-5-9-22(24)23-10-6-8-12-25(23)26/h5-13,20-21,26H,1,14-17H2,2-4H3. The average molecular weight is 446 g/mol. The van der Waals surface area contributed by atoms with E-state index in [0.717, 1.165) is 6.42 Å². The second kappa shape index (κ2) is 8.05. The smallest absolute Gasteiger partial charge is 0.410 e. The molecule has 1 amide bonds. The molecule has 0 radical (unpaired) electrons. The number of carbonyl (C=O) groups is 1. The summed E-state index contributed by atoms with van der Waals surface area (Å²) < 4.78 is 11.8. The van der Waals surface area contributed by atoms with E-state index in [-0.39, 0.29) is 24.1 Å². The van der Waals surface area contributed by atoms with E-state index in [2.05, 4.69) is 80.8 Å². The lowest BCUT2D eigenvalue weighted by atomic mass is 9.94. The molecule has 2 heterocycles. The van der Waals surface area contributed by atoms with Crippen LogP contribution < -0.4 is 0 Å². The number of ether oxygens (including phenoxy) is 2. The molecule has 1 fully saturated rings. The van der Waals surface area contributed by atoms with Gasteiger partial charge in [0.25, 0.3) is 0 Å². The molecule has 0 N–H and O–H groups in total. The van der Waals surface area contributed by atoms with E-state index in [1.54, 1.807) is 0 Å². The third-order valence-electron chi connectivity index (χ3n) is 7.04. The maximum Gasteiger partial charge on any atom is 0.410 e. The van der Waals surface area contributed by atoms with Gasteiger partial charge < -0.3 is 9.47 Å². The summed E-state index contributed by atoms with van der Waals surface area (Å²) in [4.78, 5) is 15.2. The van der Waals surface area contributed by atoms with E-state index in [1.807, 2.05) is 4.90 Å². The van der Waals surface area contributed by atoms with Crippen LogP contribution in [-0.4, -0.2) is 51.0 Å². The van der Waals surface area contributed by atoms with Crippen molar-refractivity contribution < 1.29 is 14.3 Å². The fourth-order valence-corrected chi connectivity index (χ4v) is 6.40. The molecule has 1 saturated heterocycles. The quantitative estimate of drug-likeness (QED) is 0.561. The van der Waals surface area contributed by atoms with Crippen molar-refractivity contribution in [2.24, 2.45) is 0 Å². The van der Waals surface area contributed by atoms with Crippen LogP contribution in [0.1, 0.15) is 23.5 Å². The summed E-state index contributed by atoms with van der Waals surface area (Å²) in [6, 6.07) is 16.8. The Labute approximate surface area is 191 Å². The number of carbonyl (C=O) groups excluding carboxylic acids is 1. The van der Waals surface area contributed by atoms with Gasteiger partial charge in [0.1, 0.15) is 6.61 Å². The van der Waals surface area contributed by atoms with Gasteiger partial charge >= 0.3 is 6.09 Å². The monoisotopic (exact) mass is 445 g/mol. The zero-order chi connectivity index (χ0) is 22.5. The number of hydrogen-bond donors (Lipinski definition) is 0. The van der Waals surface area contributed by atoms with Gasteiger partial charge in [-0.1, -0.05) is 86.0 Å². The molecule has 2 atom stereocenters. The Bertz CT molecular complexity index is 1050. The number of fused-ring (bicyclic) bond motifs is 5. The van der Waals surface area contributed by atoms with Crippen LogP contribution in [0.2, 0.25) is 19.6 Å². The molecule has 2 unspecified atom stereocenters. The predicted octanol–water partition coefficient (Wildman–Crippen LogP) is 5.77. The van der Waals surface area contributed by atoms with Crippen molar-refractivity contribution in [2.75, 3.05) is 19.8 Å². The molecule has 0 saturated carbocycles. The molecule has 3 aliphatic rings. The van der Waals surface area contributed by atoms with Crippen molar-refractivity contribution in [3.8, 4) is 11.1 Å². The van der Waals surface area contributed by atoms with Crippen LogP contribution in [0.25, 0.3) is 11.1 Å². The second-order valence-corrected chi connectivity index (χ2v) is 15.2. The largest absolute Gasteiger partial charge is 0.448 e. The number of morpholine rings is 1. The summed E-state index contributed by atoms with van der Waals surface area (Å²) in [5.74, 6) is 0.0741. The molecule has 2 aliphatic heterocycles. The van der Waals surface area contributed by atoms with Crippen molar-refractivity contribution in [3.05, 3.63) is 83.1 Å². The van der Waals surface area contributed by atoms with Gasteiger partial charge in [0.05, 0.1) is 33.4 Å². The highest BCUT2D eigenvalue weighted by Crippen LogP contribution is 2.44. The molecular formula is C27H31NO3Si. The van der Waals surface area contributed by atoms with Gasteiger partial charge in [-0.05, 0) is 34.2 Å². The zero-order valence-corrected chi connectivity index (χ0v) is 20.1. The fraction of sp³-hybridized carbons (Fsp3) is 0.370. The van der Waals surface area contributed by atoms with E-state index in [0.29, 0.717) is 19.8 Å². The number of hydrogen-bond acceptors (Lipinski definition) is 3. The van der Waals surface area contributed by atoms with Crippen LogP contribution in [0.4, 0.5) is 4.79 Å². The lowest BCUT2D eigenvalue weighted by Gasteiger charge is -2.45. The molecule has 166 valence electrons. The Kier molecular flexibility index (Phi) is 5.34. The third kappa shape index (κ3) is 3.63. The first kappa shape index (κ1) is 21.2. The minimum absolute atomic E-state index is 0.0116. The maximum absolute atomic E-state index is 13.3. The first-order chi connectivity index (χ1) is 15.3. The zero-order valence-electron chi connectivity index (χ0n) is 19.1. The number of nitrogens with zero attached hydrogens (tertiary/aromatic N) is 1. The molecule has 2 bridgehead atoms. The second-order valence-electron chi connectivity index (χ2n) is 10.1. The highest BCUT2D eigenvalue weighted by atomic mass is 28.3. The highest BCUT2D eigenvalue weighted by molar-refractivity contribution is 6.83. The summed E-state index contributed by atoms with van der Waals surface area (Å²) in [7, 11) is -1.48. The number of rotatable bonds is 4. The Balaban J connectivity index is 1.34. The fourth-order valence-electron chi connectivity index (χ4n) is 5.25. The van der Waals surface area contributed by atoms with Gasteiger partial charge in [-0.2, -0.15) is 0 Å². The van der Waals surface area contributed by atoms with Gasteiger partial charge in [0.15, 0.2) is 0 Å². The van der Waals surface area contributed by atoms with Gasteiger partial charge in [0, 0.05) is 5.92 Å². The van der Waals surface area contributed by atoms with Crippen LogP contribution in [0, 0.1) is 0 Å². The van der Waals surface area contributed by atoms with Crippen LogP contribution in [0.5, 0.6) is 0 Å². The van der Waals surface area contributed by atoms with Gasteiger partial charge in [-0.3, -0.25) is 4.90 Å². The molecule has 32 heavy (non-hydrogen) atoms. The molecule has 2 aromatic rings. The minimum atomic E-state index is -1.48. The van der Waals surface area contributed by atoms with E-state index >= 15 is 0 Å². The Morgan fingerprint density at radius 2 is 1.69 bits per heavy atom. The summed E-state index contributed by atoms with van der Waals surface area (Å²) in [6.07, 6.45) is 2.75.